The summed E-state index contributed by atoms with van der Waals surface area (Å²) in [6, 6.07) is 4.52. The Morgan fingerprint density at radius 3 is 2.63 bits per heavy atom. The van der Waals surface area contributed by atoms with E-state index >= 15 is 4.39 Å². The second kappa shape index (κ2) is 9.16. The van der Waals surface area contributed by atoms with Gasteiger partial charge in [-0.1, -0.05) is 0 Å². The molecule has 2 aromatic carbocycles. The van der Waals surface area contributed by atoms with Gasteiger partial charge < -0.3 is 20.1 Å². The first-order valence-corrected chi connectivity index (χ1v) is 10.8. The Kier molecular flexibility index (Phi) is 6.39. The Morgan fingerprint density at radius 2 is 1.91 bits per heavy atom. The number of rotatable bonds is 4. The lowest BCUT2D eigenvalue weighted by atomic mass is 10.1. The Morgan fingerprint density at radius 1 is 1.17 bits per heavy atom. The quantitative estimate of drug-likeness (QED) is 0.496. The zero-order valence-electron chi connectivity index (χ0n) is 18.8. The van der Waals surface area contributed by atoms with Gasteiger partial charge in [0, 0.05) is 32.2 Å². The average molecular weight is 495 g/mol. The monoisotopic (exact) mass is 495 g/mol. The number of alkyl halides is 3. The Hall–Kier alpha value is -3.70. The van der Waals surface area contributed by atoms with Crippen LogP contribution in [0.4, 0.5) is 43.8 Å². The van der Waals surface area contributed by atoms with Gasteiger partial charge in [-0.25, -0.2) is 18.6 Å². The molecule has 0 radical (unpaired) electrons. The van der Waals surface area contributed by atoms with E-state index in [4.69, 9.17) is 0 Å². The Labute approximate surface area is 196 Å². The molecule has 1 aliphatic rings. The van der Waals surface area contributed by atoms with Crippen molar-refractivity contribution >= 4 is 34.0 Å². The number of urea groups is 1. The van der Waals surface area contributed by atoms with Gasteiger partial charge in [-0.2, -0.15) is 13.2 Å². The van der Waals surface area contributed by atoms with Crippen molar-refractivity contribution in [3.8, 4) is 0 Å². The molecule has 1 fully saturated rings. The van der Waals surface area contributed by atoms with Crippen LogP contribution in [0.2, 0.25) is 0 Å². The molecule has 35 heavy (non-hydrogen) atoms. The van der Waals surface area contributed by atoms with Crippen LogP contribution in [0.5, 0.6) is 0 Å². The van der Waals surface area contributed by atoms with Crippen molar-refractivity contribution in [2.75, 3.05) is 23.7 Å². The Balaban J connectivity index is 1.55. The largest absolute Gasteiger partial charge is 0.389 e. The molecule has 4 rings (SSSR count). The third-order valence-electron chi connectivity index (χ3n) is 5.94. The molecule has 2 amide bonds. The molecule has 0 aliphatic carbocycles. The van der Waals surface area contributed by atoms with E-state index in [9.17, 15) is 27.2 Å². The van der Waals surface area contributed by atoms with Crippen LogP contribution < -0.4 is 16.2 Å². The second-order valence-corrected chi connectivity index (χ2v) is 8.60. The first-order valence-electron chi connectivity index (χ1n) is 10.8. The minimum Gasteiger partial charge on any atom is -0.353 e. The molecular formula is C23H22F5N5O2. The molecule has 7 nitrogen and oxygen atoms in total. The van der Waals surface area contributed by atoms with Crippen molar-refractivity contribution in [1.29, 1.82) is 0 Å². The number of nitrogens with zero attached hydrogens (tertiary/aromatic N) is 3. The van der Waals surface area contributed by atoms with Crippen LogP contribution in [-0.2, 0) is 7.05 Å². The fraction of sp³-hybridized carbons (Fsp3) is 0.348. The number of aryl methyl sites for hydroxylation is 2. The highest BCUT2D eigenvalue weighted by atomic mass is 19.4. The van der Waals surface area contributed by atoms with Gasteiger partial charge in [-0.3, -0.25) is 4.79 Å². The fourth-order valence-electron chi connectivity index (χ4n) is 4.10. The first-order chi connectivity index (χ1) is 16.4. The number of carbonyl (C=O) groups is 1. The van der Waals surface area contributed by atoms with Crippen molar-refractivity contribution in [3.63, 3.8) is 0 Å². The Bertz CT molecular complexity index is 1350. The smallest absolute Gasteiger partial charge is 0.353 e. The van der Waals surface area contributed by atoms with Crippen LogP contribution in [0.1, 0.15) is 18.4 Å². The number of fused-ring (bicyclic) bond motifs is 1. The summed E-state index contributed by atoms with van der Waals surface area (Å²) in [6.07, 6.45) is -3.83. The normalized spacial score (nSPS) is 16.1. The van der Waals surface area contributed by atoms with E-state index in [1.807, 2.05) is 0 Å². The SMILES string of the molecule is Cc1cc(F)c(NC(=O)N2CCC(CC(F)(F)F)C2)cc1Nc1ccc2ncn(C)c(=O)c2c1F. The number of anilines is 3. The number of amides is 2. The van der Waals surface area contributed by atoms with Gasteiger partial charge >= 0.3 is 12.2 Å². The van der Waals surface area contributed by atoms with Gasteiger partial charge in [-0.05, 0) is 49.1 Å². The molecule has 2 N–H and O–H groups in total. The summed E-state index contributed by atoms with van der Waals surface area (Å²) in [5.74, 6) is -2.30. The summed E-state index contributed by atoms with van der Waals surface area (Å²) < 4.78 is 68.7. The molecule has 0 bridgehead atoms. The van der Waals surface area contributed by atoms with Crippen molar-refractivity contribution in [3.05, 3.63) is 58.1 Å². The van der Waals surface area contributed by atoms with Gasteiger partial charge in [0.05, 0.1) is 23.2 Å². The van der Waals surface area contributed by atoms with E-state index in [1.165, 1.54) is 36.5 Å². The van der Waals surface area contributed by atoms with E-state index in [0.717, 1.165) is 10.6 Å². The van der Waals surface area contributed by atoms with Crippen LogP contribution in [0.25, 0.3) is 10.9 Å². The van der Waals surface area contributed by atoms with Gasteiger partial charge in [0.15, 0.2) is 5.82 Å². The van der Waals surface area contributed by atoms with Crippen LogP contribution >= 0.6 is 0 Å². The summed E-state index contributed by atoms with van der Waals surface area (Å²) in [6.45, 7) is 1.60. The topological polar surface area (TPSA) is 79.3 Å². The molecule has 1 unspecified atom stereocenters. The standard InChI is InChI=1S/C23H22F5N5O2/c1-12-7-14(24)18(31-22(35)33-6-5-13(10-33)9-23(26,27)28)8-17(12)30-16-4-3-15-19(20(16)25)21(34)32(2)11-29-15/h3-4,7-8,11,13,30H,5-6,9-10H2,1-2H3,(H,31,35). The molecule has 186 valence electrons. The molecular weight excluding hydrogens is 473 g/mol. The van der Waals surface area contributed by atoms with Gasteiger partial charge in [-0.15, -0.1) is 0 Å². The fourth-order valence-corrected chi connectivity index (χ4v) is 4.10. The van der Waals surface area contributed by atoms with Gasteiger partial charge in [0.1, 0.15) is 11.2 Å². The third-order valence-corrected chi connectivity index (χ3v) is 5.94. The second-order valence-electron chi connectivity index (χ2n) is 8.60. The summed E-state index contributed by atoms with van der Waals surface area (Å²) in [4.78, 5) is 30.1. The highest BCUT2D eigenvalue weighted by Gasteiger charge is 2.36. The lowest BCUT2D eigenvalue weighted by Crippen LogP contribution is -2.33. The number of halogens is 5. The molecule has 0 saturated carbocycles. The number of nitrogens with one attached hydrogen (secondary N) is 2. The number of hydrogen-bond acceptors (Lipinski definition) is 4. The molecule has 0 spiro atoms. The zero-order chi connectivity index (χ0) is 25.5. The van der Waals surface area contributed by atoms with Crippen molar-refractivity contribution in [1.82, 2.24) is 14.5 Å². The number of likely N-dealkylation sites (tertiary alicyclic amines) is 1. The highest BCUT2D eigenvalue weighted by molar-refractivity contribution is 5.91. The summed E-state index contributed by atoms with van der Waals surface area (Å²) in [7, 11) is 1.44. The molecule has 1 atom stereocenters. The lowest BCUT2D eigenvalue weighted by molar-refractivity contribution is -0.143. The molecule has 12 heteroatoms. The average Bonchev–Trinajstić information content (AvgIpc) is 3.22. The maximum absolute atomic E-state index is 15.1. The predicted octanol–water partition coefficient (Wildman–Crippen LogP) is 5.07. The molecule has 1 aromatic heterocycles. The first kappa shape index (κ1) is 24.4. The number of carbonyl (C=O) groups excluding carboxylic acids is 1. The molecule has 2 heterocycles. The highest BCUT2D eigenvalue weighted by Crippen LogP contribution is 2.32. The van der Waals surface area contributed by atoms with Crippen molar-refractivity contribution < 1.29 is 26.7 Å². The molecule has 3 aromatic rings. The lowest BCUT2D eigenvalue weighted by Gasteiger charge is -2.19. The third kappa shape index (κ3) is 5.20. The zero-order valence-corrected chi connectivity index (χ0v) is 18.8. The summed E-state index contributed by atoms with van der Waals surface area (Å²) >= 11 is 0. The summed E-state index contributed by atoms with van der Waals surface area (Å²) in [5, 5.41) is 4.99. The van der Waals surface area contributed by atoms with E-state index in [1.54, 1.807) is 6.92 Å². The van der Waals surface area contributed by atoms with Gasteiger partial charge in [0.2, 0.25) is 0 Å². The van der Waals surface area contributed by atoms with Crippen molar-refractivity contribution in [2.45, 2.75) is 25.9 Å². The van der Waals surface area contributed by atoms with Crippen LogP contribution in [0.3, 0.4) is 0 Å². The van der Waals surface area contributed by atoms with E-state index in [2.05, 4.69) is 15.6 Å². The molecule has 1 aliphatic heterocycles. The number of hydrogen-bond donors (Lipinski definition) is 2. The van der Waals surface area contributed by atoms with Crippen LogP contribution in [-0.4, -0.2) is 39.7 Å². The van der Waals surface area contributed by atoms with Gasteiger partial charge in [0.25, 0.3) is 5.56 Å². The minimum atomic E-state index is -4.32. The van der Waals surface area contributed by atoms with E-state index < -0.39 is 41.7 Å². The minimum absolute atomic E-state index is 0.0517. The van der Waals surface area contributed by atoms with Crippen molar-refractivity contribution in [2.24, 2.45) is 13.0 Å². The number of benzene rings is 2. The van der Waals surface area contributed by atoms with Crippen LogP contribution in [0, 0.1) is 24.5 Å². The van der Waals surface area contributed by atoms with E-state index in [-0.39, 0.29) is 47.5 Å². The van der Waals surface area contributed by atoms with E-state index in [0.29, 0.717) is 5.56 Å². The maximum atomic E-state index is 15.1. The molecule has 1 saturated heterocycles. The predicted molar refractivity (Wildman–Crippen MR) is 121 cm³/mol. The maximum Gasteiger partial charge on any atom is 0.389 e. The summed E-state index contributed by atoms with van der Waals surface area (Å²) in [5.41, 5.74) is -0.0171. The number of aromatic nitrogens is 2. The van der Waals surface area contributed by atoms with Crippen LogP contribution in [0.15, 0.2) is 35.4 Å².